The molecule has 0 amide bonds. The van der Waals surface area contributed by atoms with E-state index < -0.39 is 0 Å². The van der Waals surface area contributed by atoms with Crippen molar-refractivity contribution in [1.82, 2.24) is 19.7 Å². The van der Waals surface area contributed by atoms with Gasteiger partial charge in [-0.15, -0.1) is 0 Å². The normalized spacial score (nSPS) is 11.2. The smallest absolute Gasteiger partial charge is 0.230 e. The number of fused-ring (bicyclic) bond motifs is 1. The van der Waals surface area contributed by atoms with Gasteiger partial charge in [-0.3, -0.25) is 4.68 Å². The molecule has 0 unspecified atom stereocenters. The van der Waals surface area contributed by atoms with E-state index in [1.807, 2.05) is 54.2 Å². The van der Waals surface area contributed by atoms with Crippen LogP contribution in [0.15, 0.2) is 77.6 Å². The second kappa shape index (κ2) is 6.98. The van der Waals surface area contributed by atoms with Crippen molar-refractivity contribution >= 4 is 11.1 Å². The van der Waals surface area contributed by atoms with Gasteiger partial charge in [-0.05, 0) is 37.3 Å². The van der Waals surface area contributed by atoms with Crippen LogP contribution in [0.4, 0.5) is 4.39 Å². The van der Waals surface area contributed by atoms with Gasteiger partial charge in [0.15, 0.2) is 0 Å². The summed E-state index contributed by atoms with van der Waals surface area (Å²) in [6.07, 6.45) is 3.45. The molecule has 0 aliphatic heterocycles. The van der Waals surface area contributed by atoms with Crippen molar-refractivity contribution in [2.45, 2.75) is 13.5 Å². The molecule has 3 aromatic heterocycles. The lowest BCUT2D eigenvalue weighted by atomic mass is 10.0. The van der Waals surface area contributed by atoms with Crippen LogP contribution in [0.3, 0.4) is 0 Å². The van der Waals surface area contributed by atoms with Gasteiger partial charge >= 0.3 is 0 Å². The SMILES string of the molecule is CCn1cc(-c2ncnc3oc(-c4ccccc4)cc23)c(-c2ccc(F)cc2)n1. The summed E-state index contributed by atoms with van der Waals surface area (Å²) in [5.74, 6) is 0.450. The first-order valence-corrected chi connectivity index (χ1v) is 9.36. The Balaban J connectivity index is 1.71. The van der Waals surface area contributed by atoms with Gasteiger partial charge in [-0.1, -0.05) is 30.3 Å². The molecule has 0 aliphatic carbocycles. The van der Waals surface area contributed by atoms with Crippen LogP contribution < -0.4 is 0 Å². The molecule has 29 heavy (non-hydrogen) atoms. The van der Waals surface area contributed by atoms with Crippen LogP contribution in [0.5, 0.6) is 0 Å². The summed E-state index contributed by atoms with van der Waals surface area (Å²) in [7, 11) is 0. The molecule has 0 radical (unpaired) electrons. The van der Waals surface area contributed by atoms with E-state index >= 15 is 0 Å². The maximum Gasteiger partial charge on any atom is 0.230 e. The summed E-state index contributed by atoms with van der Waals surface area (Å²) in [5.41, 5.74) is 4.65. The molecule has 5 rings (SSSR count). The van der Waals surface area contributed by atoms with Gasteiger partial charge in [-0.25, -0.2) is 14.4 Å². The molecule has 3 heterocycles. The zero-order chi connectivity index (χ0) is 19.8. The van der Waals surface area contributed by atoms with Crippen molar-refractivity contribution in [2.24, 2.45) is 0 Å². The van der Waals surface area contributed by atoms with Crippen molar-refractivity contribution < 1.29 is 8.81 Å². The molecular weight excluding hydrogens is 367 g/mol. The Morgan fingerprint density at radius 2 is 1.72 bits per heavy atom. The molecule has 142 valence electrons. The Morgan fingerprint density at radius 1 is 0.931 bits per heavy atom. The fourth-order valence-corrected chi connectivity index (χ4v) is 3.39. The number of aryl methyl sites for hydroxylation is 1. The lowest BCUT2D eigenvalue weighted by molar-refractivity contribution is 0.617. The first-order valence-electron chi connectivity index (χ1n) is 9.36. The fraction of sp³-hybridized carbons (Fsp3) is 0.0870. The highest BCUT2D eigenvalue weighted by molar-refractivity contribution is 5.95. The van der Waals surface area contributed by atoms with Gasteiger partial charge in [0.25, 0.3) is 0 Å². The molecule has 0 aliphatic rings. The summed E-state index contributed by atoms with van der Waals surface area (Å²) < 4.78 is 21.2. The van der Waals surface area contributed by atoms with Crippen LogP contribution in [0.25, 0.3) is 44.9 Å². The minimum Gasteiger partial charge on any atom is -0.438 e. The molecule has 0 atom stereocenters. The molecule has 2 aromatic carbocycles. The molecule has 0 saturated heterocycles. The van der Waals surface area contributed by atoms with Gasteiger partial charge < -0.3 is 4.42 Å². The summed E-state index contributed by atoms with van der Waals surface area (Å²) in [4.78, 5) is 8.84. The number of hydrogen-bond acceptors (Lipinski definition) is 4. The predicted octanol–water partition coefficient (Wildman–Crippen LogP) is 5.58. The van der Waals surface area contributed by atoms with E-state index in [0.29, 0.717) is 12.3 Å². The molecular formula is C23H17FN4O. The minimum absolute atomic E-state index is 0.281. The topological polar surface area (TPSA) is 56.7 Å². The molecule has 6 heteroatoms. The van der Waals surface area contributed by atoms with Crippen LogP contribution in [0.2, 0.25) is 0 Å². The standard InChI is InChI=1S/C23H17FN4O/c1-2-28-13-19(21(27-28)16-8-10-17(24)11-9-16)22-18-12-20(15-6-4-3-5-7-15)29-23(18)26-14-25-22/h3-14H,2H2,1H3. The van der Waals surface area contributed by atoms with E-state index in [-0.39, 0.29) is 5.82 Å². The van der Waals surface area contributed by atoms with E-state index in [2.05, 4.69) is 15.1 Å². The van der Waals surface area contributed by atoms with Crippen molar-refractivity contribution in [3.63, 3.8) is 0 Å². The first-order chi connectivity index (χ1) is 14.2. The van der Waals surface area contributed by atoms with Gasteiger partial charge in [0.2, 0.25) is 5.71 Å². The monoisotopic (exact) mass is 384 g/mol. The number of hydrogen-bond donors (Lipinski definition) is 0. The summed E-state index contributed by atoms with van der Waals surface area (Å²) in [6.45, 7) is 2.73. The lowest BCUT2D eigenvalue weighted by Crippen LogP contribution is -1.93. The largest absolute Gasteiger partial charge is 0.438 e. The zero-order valence-electron chi connectivity index (χ0n) is 15.7. The molecule has 0 spiro atoms. The molecule has 0 fully saturated rings. The van der Waals surface area contributed by atoms with E-state index in [0.717, 1.165) is 39.2 Å². The van der Waals surface area contributed by atoms with Crippen LogP contribution in [0, 0.1) is 5.82 Å². The third kappa shape index (κ3) is 3.08. The van der Waals surface area contributed by atoms with Gasteiger partial charge in [-0.2, -0.15) is 5.10 Å². The van der Waals surface area contributed by atoms with Crippen molar-refractivity contribution in [3.8, 4) is 33.8 Å². The van der Waals surface area contributed by atoms with Gasteiger partial charge in [0.1, 0.15) is 23.6 Å². The number of halogens is 1. The Bertz CT molecular complexity index is 1290. The van der Waals surface area contributed by atoms with Crippen LogP contribution in [-0.4, -0.2) is 19.7 Å². The summed E-state index contributed by atoms with van der Waals surface area (Å²) in [5, 5.41) is 5.49. The number of benzene rings is 2. The maximum absolute atomic E-state index is 13.4. The van der Waals surface area contributed by atoms with E-state index in [4.69, 9.17) is 4.42 Å². The first kappa shape index (κ1) is 17.3. The number of nitrogens with zero attached hydrogens (tertiary/aromatic N) is 4. The zero-order valence-corrected chi connectivity index (χ0v) is 15.7. The average molecular weight is 384 g/mol. The molecule has 5 aromatic rings. The van der Waals surface area contributed by atoms with Crippen LogP contribution in [-0.2, 0) is 6.54 Å². The van der Waals surface area contributed by atoms with Crippen molar-refractivity contribution in [1.29, 1.82) is 0 Å². The van der Waals surface area contributed by atoms with Crippen LogP contribution in [0.1, 0.15) is 6.92 Å². The van der Waals surface area contributed by atoms with Crippen molar-refractivity contribution in [3.05, 3.63) is 79.0 Å². The highest BCUT2D eigenvalue weighted by Gasteiger charge is 2.19. The van der Waals surface area contributed by atoms with E-state index in [1.54, 1.807) is 12.1 Å². The Hall–Kier alpha value is -3.80. The minimum atomic E-state index is -0.281. The third-order valence-corrected chi connectivity index (χ3v) is 4.85. The summed E-state index contributed by atoms with van der Waals surface area (Å²) >= 11 is 0. The highest BCUT2D eigenvalue weighted by atomic mass is 19.1. The van der Waals surface area contributed by atoms with Crippen LogP contribution >= 0.6 is 0 Å². The fourth-order valence-electron chi connectivity index (χ4n) is 3.39. The predicted molar refractivity (Wildman–Crippen MR) is 110 cm³/mol. The van der Waals surface area contributed by atoms with Gasteiger partial charge in [0.05, 0.1) is 11.1 Å². The third-order valence-electron chi connectivity index (χ3n) is 4.85. The Morgan fingerprint density at radius 3 is 2.48 bits per heavy atom. The molecule has 0 N–H and O–H groups in total. The van der Waals surface area contributed by atoms with E-state index in [1.165, 1.54) is 18.5 Å². The molecule has 5 nitrogen and oxygen atoms in total. The molecule has 0 saturated carbocycles. The number of furan rings is 1. The molecule has 0 bridgehead atoms. The second-order valence-corrected chi connectivity index (χ2v) is 6.67. The Labute approximate surface area is 166 Å². The quantitative estimate of drug-likeness (QED) is 0.406. The van der Waals surface area contributed by atoms with Crippen molar-refractivity contribution in [2.75, 3.05) is 0 Å². The van der Waals surface area contributed by atoms with E-state index in [9.17, 15) is 4.39 Å². The number of aromatic nitrogens is 4. The second-order valence-electron chi connectivity index (χ2n) is 6.67. The Kier molecular flexibility index (Phi) is 4.17. The maximum atomic E-state index is 13.4. The number of rotatable bonds is 4. The highest BCUT2D eigenvalue weighted by Crippen LogP contribution is 2.36. The van der Waals surface area contributed by atoms with Gasteiger partial charge in [0, 0.05) is 29.4 Å². The summed E-state index contributed by atoms with van der Waals surface area (Å²) in [6, 6.07) is 18.2. The lowest BCUT2D eigenvalue weighted by Gasteiger charge is -2.03. The average Bonchev–Trinajstić information content (AvgIpc) is 3.39.